The Kier molecular flexibility index (Phi) is 3.88. The van der Waals surface area contributed by atoms with E-state index in [2.05, 4.69) is 0 Å². The molecule has 3 N–H and O–H groups in total. The van der Waals surface area contributed by atoms with Crippen molar-refractivity contribution in [2.45, 2.75) is 19.9 Å². The molecule has 0 amide bonds. The van der Waals surface area contributed by atoms with E-state index < -0.39 is 17.3 Å². The van der Waals surface area contributed by atoms with E-state index in [1.54, 1.807) is 26.0 Å². The quantitative estimate of drug-likeness (QED) is 0.825. The van der Waals surface area contributed by atoms with Crippen LogP contribution >= 0.6 is 0 Å². The van der Waals surface area contributed by atoms with Crippen LogP contribution in [-0.2, 0) is 0 Å². The molecule has 1 atom stereocenters. The minimum Gasteiger partial charge on any atom is -0.496 e. The van der Waals surface area contributed by atoms with Crippen LogP contribution < -0.4 is 10.5 Å². The second kappa shape index (κ2) is 4.80. The summed E-state index contributed by atoms with van der Waals surface area (Å²) in [6.07, 6.45) is 0. The van der Waals surface area contributed by atoms with Gasteiger partial charge < -0.3 is 15.6 Å². The van der Waals surface area contributed by atoms with Crippen molar-refractivity contribution >= 4 is 0 Å². The number of benzene rings is 1. The fourth-order valence-electron chi connectivity index (χ4n) is 1.49. The zero-order valence-corrected chi connectivity index (χ0v) is 9.83. The first kappa shape index (κ1) is 12.9. The highest BCUT2D eigenvalue weighted by atomic mass is 19.1. The Labute approximate surface area is 95.0 Å². The average molecular weight is 227 g/mol. The molecule has 1 aromatic carbocycles. The summed E-state index contributed by atoms with van der Waals surface area (Å²) in [5, 5.41) is 9.24. The van der Waals surface area contributed by atoms with Crippen LogP contribution in [0.1, 0.15) is 25.5 Å². The topological polar surface area (TPSA) is 55.5 Å². The number of rotatable bonds is 4. The predicted octanol–water partition coefficient (Wildman–Crippen LogP) is 1.85. The molecule has 0 spiro atoms. The highest BCUT2D eigenvalue weighted by Crippen LogP contribution is 2.36. The molecule has 3 nitrogen and oxygen atoms in total. The van der Waals surface area contributed by atoms with Crippen molar-refractivity contribution in [1.82, 2.24) is 0 Å². The molecule has 0 fully saturated rings. The Hall–Kier alpha value is -1.13. The van der Waals surface area contributed by atoms with E-state index in [0.717, 1.165) is 0 Å². The summed E-state index contributed by atoms with van der Waals surface area (Å²) < 4.78 is 18.8. The molecule has 0 aliphatic carbocycles. The van der Waals surface area contributed by atoms with Crippen LogP contribution in [0.2, 0.25) is 0 Å². The molecule has 0 aliphatic rings. The van der Waals surface area contributed by atoms with E-state index in [0.29, 0.717) is 11.3 Å². The van der Waals surface area contributed by atoms with Crippen molar-refractivity contribution in [2.75, 3.05) is 13.7 Å². The van der Waals surface area contributed by atoms with E-state index in [9.17, 15) is 9.50 Å². The third kappa shape index (κ3) is 2.33. The smallest absolute Gasteiger partial charge is 0.131 e. The number of methoxy groups -OCH3 is 1. The molecular weight excluding hydrogens is 209 g/mol. The summed E-state index contributed by atoms with van der Waals surface area (Å²) in [6, 6.07) is 3.95. The van der Waals surface area contributed by atoms with Crippen LogP contribution in [-0.4, -0.2) is 18.8 Å². The summed E-state index contributed by atoms with van der Waals surface area (Å²) >= 11 is 0. The normalized spacial score (nSPS) is 13.6. The third-order valence-electron chi connectivity index (χ3n) is 2.79. The molecule has 0 aliphatic heterocycles. The van der Waals surface area contributed by atoms with Gasteiger partial charge in [0.25, 0.3) is 0 Å². The molecule has 0 saturated heterocycles. The van der Waals surface area contributed by atoms with Crippen LogP contribution in [0, 0.1) is 11.2 Å². The Balaban J connectivity index is 3.21. The Morgan fingerprint density at radius 3 is 2.62 bits per heavy atom. The van der Waals surface area contributed by atoms with Crippen molar-refractivity contribution < 1.29 is 14.2 Å². The lowest BCUT2D eigenvalue weighted by Crippen LogP contribution is -2.33. The summed E-state index contributed by atoms with van der Waals surface area (Å²) in [4.78, 5) is 0. The van der Waals surface area contributed by atoms with Gasteiger partial charge in [-0.3, -0.25) is 0 Å². The van der Waals surface area contributed by atoms with Gasteiger partial charge in [0, 0.05) is 23.6 Å². The number of aliphatic hydroxyl groups excluding tert-OH is 1. The molecular formula is C12H18FNO2. The second-order valence-electron chi connectivity index (χ2n) is 4.48. The highest BCUT2D eigenvalue weighted by molar-refractivity contribution is 5.38. The minimum absolute atomic E-state index is 0.119. The van der Waals surface area contributed by atoms with Gasteiger partial charge in [-0.15, -0.1) is 0 Å². The standard InChI is InChI=1S/C12H18FNO2/c1-12(2,7-15)11(14)10-8(13)5-4-6-9(10)16-3/h4-6,11,15H,7,14H2,1-3H3/t11-/m1/s1. The van der Waals surface area contributed by atoms with Crippen LogP contribution in [0.15, 0.2) is 18.2 Å². The van der Waals surface area contributed by atoms with E-state index >= 15 is 0 Å². The lowest BCUT2D eigenvalue weighted by molar-refractivity contribution is 0.129. The van der Waals surface area contributed by atoms with Crippen LogP contribution in [0.25, 0.3) is 0 Å². The number of nitrogens with two attached hydrogens (primary N) is 1. The Bertz CT molecular complexity index is 366. The molecule has 4 heteroatoms. The van der Waals surface area contributed by atoms with Gasteiger partial charge in [0.15, 0.2) is 0 Å². The zero-order chi connectivity index (χ0) is 12.3. The Morgan fingerprint density at radius 1 is 1.50 bits per heavy atom. The molecule has 0 aromatic heterocycles. The Morgan fingerprint density at radius 2 is 2.12 bits per heavy atom. The average Bonchev–Trinajstić information content (AvgIpc) is 2.27. The third-order valence-corrected chi connectivity index (χ3v) is 2.79. The molecule has 0 radical (unpaired) electrons. The fourth-order valence-corrected chi connectivity index (χ4v) is 1.49. The monoisotopic (exact) mass is 227 g/mol. The maximum absolute atomic E-state index is 13.7. The molecule has 0 heterocycles. The van der Waals surface area contributed by atoms with Crippen molar-refractivity contribution in [3.63, 3.8) is 0 Å². The summed E-state index contributed by atoms with van der Waals surface area (Å²) in [7, 11) is 1.47. The second-order valence-corrected chi connectivity index (χ2v) is 4.48. The highest BCUT2D eigenvalue weighted by Gasteiger charge is 2.31. The lowest BCUT2D eigenvalue weighted by Gasteiger charge is -2.30. The molecule has 16 heavy (non-hydrogen) atoms. The summed E-state index contributed by atoms with van der Waals surface area (Å²) in [5.74, 6) is 0.00222. The SMILES string of the molecule is COc1cccc(F)c1[C@@H](N)C(C)(C)CO. The van der Waals surface area contributed by atoms with E-state index in [4.69, 9.17) is 10.5 Å². The first-order valence-electron chi connectivity index (χ1n) is 5.13. The van der Waals surface area contributed by atoms with Gasteiger partial charge in [0.2, 0.25) is 0 Å². The van der Waals surface area contributed by atoms with Crippen molar-refractivity contribution in [3.05, 3.63) is 29.6 Å². The van der Waals surface area contributed by atoms with Crippen LogP contribution in [0.4, 0.5) is 4.39 Å². The van der Waals surface area contributed by atoms with Crippen molar-refractivity contribution in [1.29, 1.82) is 0 Å². The molecule has 0 bridgehead atoms. The number of ether oxygens (including phenoxy) is 1. The molecule has 1 rings (SSSR count). The van der Waals surface area contributed by atoms with E-state index in [1.165, 1.54) is 13.2 Å². The predicted molar refractivity (Wildman–Crippen MR) is 60.7 cm³/mol. The van der Waals surface area contributed by atoms with Gasteiger partial charge in [-0.1, -0.05) is 19.9 Å². The van der Waals surface area contributed by atoms with Crippen LogP contribution in [0.3, 0.4) is 0 Å². The molecule has 0 unspecified atom stereocenters. The van der Waals surface area contributed by atoms with Crippen LogP contribution in [0.5, 0.6) is 5.75 Å². The van der Waals surface area contributed by atoms with Gasteiger partial charge in [0.05, 0.1) is 7.11 Å². The number of halogens is 1. The van der Waals surface area contributed by atoms with Gasteiger partial charge in [-0.2, -0.15) is 0 Å². The largest absolute Gasteiger partial charge is 0.496 e. The van der Waals surface area contributed by atoms with E-state index in [-0.39, 0.29) is 6.61 Å². The van der Waals surface area contributed by atoms with Gasteiger partial charge in [-0.05, 0) is 12.1 Å². The molecule has 90 valence electrons. The number of hydrogen-bond donors (Lipinski definition) is 2. The maximum atomic E-state index is 13.7. The first-order valence-corrected chi connectivity index (χ1v) is 5.13. The summed E-state index contributed by atoms with van der Waals surface area (Å²) in [5.41, 5.74) is 5.69. The maximum Gasteiger partial charge on any atom is 0.131 e. The molecule has 1 aromatic rings. The van der Waals surface area contributed by atoms with Gasteiger partial charge in [-0.25, -0.2) is 4.39 Å². The zero-order valence-electron chi connectivity index (χ0n) is 9.83. The van der Waals surface area contributed by atoms with Gasteiger partial charge in [0.1, 0.15) is 11.6 Å². The number of hydrogen-bond acceptors (Lipinski definition) is 3. The number of aliphatic hydroxyl groups is 1. The van der Waals surface area contributed by atoms with Crippen molar-refractivity contribution in [2.24, 2.45) is 11.1 Å². The summed E-state index contributed by atoms with van der Waals surface area (Å²) in [6.45, 7) is 3.44. The van der Waals surface area contributed by atoms with Gasteiger partial charge >= 0.3 is 0 Å². The van der Waals surface area contributed by atoms with Crippen molar-refractivity contribution in [3.8, 4) is 5.75 Å². The van der Waals surface area contributed by atoms with E-state index in [1.807, 2.05) is 0 Å². The minimum atomic E-state index is -0.617. The fraction of sp³-hybridized carbons (Fsp3) is 0.500. The lowest BCUT2D eigenvalue weighted by atomic mass is 9.81. The first-order chi connectivity index (χ1) is 7.44. The molecule has 0 saturated carbocycles.